The minimum atomic E-state index is -1.43. The number of aliphatic hydroxyl groups is 6. The number of rotatable bonds is 18. The minimum absolute atomic E-state index is 0.0457. The lowest BCUT2D eigenvalue weighted by molar-refractivity contribution is -0.138. The van der Waals surface area contributed by atoms with Crippen LogP contribution in [0.3, 0.4) is 0 Å². The molecule has 348 valence electrons. The lowest BCUT2D eigenvalue weighted by Crippen LogP contribution is -2.63. The molecule has 1 aliphatic carbocycles. The number of carboxylic acids is 1. The summed E-state index contributed by atoms with van der Waals surface area (Å²) >= 11 is 0. The van der Waals surface area contributed by atoms with E-state index in [1.165, 1.54) is 0 Å². The van der Waals surface area contributed by atoms with Crippen molar-refractivity contribution in [1.82, 2.24) is 10.6 Å². The zero-order chi connectivity index (χ0) is 45.6. The number of phenolic OH excluding ortho intramolecular Hbond substituents is 1. The molecule has 0 bridgehead atoms. The maximum atomic E-state index is 13.4. The molecule has 3 aliphatic rings. The second-order valence-corrected chi connectivity index (χ2v) is 18.9. The van der Waals surface area contributed by atoms with E-state index in [0.29, 0.717) is 44.9 Å². The molecule has 0 amide bonds. The van der Waals surface area contributed by atoms with E-state index >= 15 is 0 Å². The molecule has 63 heavy (non-hydrogen) atoms. The number of phenols is 1. The predicted octanol–water partition coefficient (Wildman–Crippen LogP) is 6.33. The first kappa shape index (κ1) is 50.4. The van der Waals surface area contributed by atoms with Crippen LogP contribution in [0.5, 0.6) is 5.75 Å². The second-order valence-electron chi connectivity index (χ2n) is 18.9. The first-order valence-corrected chi connectivity index (χ1v) is 23.7. The Morgan fingerprint density at radius 3 is 2.40 bits per heavy atom. The first-order valence-electron chi connectivity index (χ1n) is 23.7. The molecule has 0 radical (unpaired) electrons. The van der Waals surface area contributed by atoms with Gasteiger partial charge < -0.3 is 51.5 Å². The average Bonchev–Trinajstić information content (AvgIpc) is 3.45. The van der Waals surface area contributed by atoms with Gasteiger partial charge in [0.25, 0.3) is 0 Å². The number of aliphatic carboxylic acids is 1. The highest BCUT2D eigenvalue weighted by atomic mass is 16.4. The molecular weight excluding hydrogens is 797 g/mol. The van der Waals surface area contributed by atoms with Gasteiger partial charge in [-0.05, 0) is 124 Å². The molecule has 10 N–H and O–H groups in total. The van der Waals surface area contributed by atoms with Gasteiger partial charge in [-0.25, -0.2) is 0 Å². The van der Waals surface area contributed by atoms with Crippen LogP contribution in [0.25, 0.3) is 0 Å². The fourth-order valence-electron chi connectivity index (χ4n) is 10.7. The first-order chi connectivity index (χ1) is 30.2. The van der Waals surface area contributed by atoms with Gasteiger partial charge in [-0.1, -0.05) is 99.8 Å². The third kappa shape index (κ3) is 13.5. The van der Waals surface area contributed by atoms with E-state index in [0.717, 1.165) is 72.8 Å². The summed E-state index contributed by atoms with van der Waals surface area (Å²) in [6, 6.07) is 13.4. The number of hydrogen-bond donors (Lipinski definition) is 10. The molecule has 11 heteroatoms. The summed E-state index contributed by atoms with van der Waals surface area (Å²) in [4.78, 5) is 12.1. The highest BCUT2D eigenvalue weighted by molar-refractivity contribution is 5.67. The molecule has 2 heterocycles. The Hall–Kier alpha value is -3.57. The number of carbonyl (C=O) groups is 1. The molecule has 0 unspecified atom stereocenters. The SMILES string of the molecule is CCCC[C@H](O)[C@H](O)/C=C/C1=C(\C[C@H](O)CO)[C@H](CC[C@H](O)[C@@H]2N[C@H](C)CCC[C@H]2CC(=O)O)N[C@@H]([C@@](C)(O)C2(c3ccc(O)cc3)CCCCC2)CC#Cc2ccccc2CC1. The highest BCUT2D eigenvalue weighted by Gasteiger charge is 2.53. The third-order valence-corrected chi connectivity index (χ3v) is 14.4. The van der Waals surface area contributed by atoms with Crippen LogP contribution < -0.4 is 10.6 Å². The fourth-order valence-corrected chi connectivity index (χ4v) is 10.7. The summed E-state index contributed by atoms with van der Waals surface area (Å²) in [5.41, 5.74) is 2.17. The summed E-state index contributed by atoms with van der Waals surface area (Å²) in [5.74, 6) is 5.82. The van der Waals surface area contributed by atoms with Crippen LogP contribution in [0.2, 0.25) is 0 Å². The normalized spacial score (nSPS) is 27.5. The number of benzene rings is 2. The molecule has 1 saturated heterocycles. The Kier molecular flexibility index (Phi) is 19.3. The Morgan fingerprint density at radius 1 is 0.968 bits per heavy atom. The van der Waals surface area contributed by atoms with Gasteiger partial charge in [0.15, 0.2) is 0 Å². The molecule has 2 fully saturated rings. The van der Waals surface area contributed by atoms with Crippen molar-refractivity contribution in [1.29, 1.82) is 0 Å². The van der Waals surface area contributed by atoms with Crippen LogP contribution in [0.4, 0.5) is 0 Å². The zero-order valence-electron chi connectivity index (χ0n) is 37.9. The topological polar surface area (TPSA) is 203 Å². The maximum absolute atomic E-state index is 13.4. The van der Waals surface area contributed by atoms with Gasteiger partial charge in [0.2, 0.25) is 0 Å². The van der Waals surface area contributed by atoms with Crippen molar-refractivity contribution < 1.29 is 45.6 Å². The largest absolute Gasteiger partial charge is 0.508 e. The Labute approximate surface area is 375 Å². The number of nitrogens with one attached hydrogen (secondary N) is 2. The van der Waals surface area contributed by atoms with E-state index in [4.69, 9.17) is 0 Å². The van der Waals surface area contributed by atoms with Gasteiger partial charge in [-0.3, -0.25) is 4.79 Å². The molecule has 2 aromatic rings. The van der Waals surface area contributed by atoms with Crippen molar-refractivity contribution in [2.24, 2.45) is 5.92 Å². The Morgan fingerprint density at radius 2 is 1.70 bits per heavy atom. The number of hydrogen-bond acceptors (Lipinski definition) is 10. The van der Waals surface area contributed by atoms with Crippen LogP contribution >= 0.6 is 0 Å². The third-order valence-electron chi connectivity index (χ3n) is 14.4. The van der Waals surface area contributed by atoms with Crippen LogP contribution in [-0.2, 0) is 16.6 Å². The van der Waals surface area contributed by atoms with E-state index in [1.54, 1.807) is 18.2 Å². The van der Waals surface area contributed by atoms with E-state index < -0.39 is 66.1 Å². The van der Waals surface area contributed by atoms with Crippen molar-refractivity contribution in [3.8, 4) is 17.6 Å². The summed E-state index contributed by atoms with van der Waals surface area (Å²) in [7, 11) is 0. The lowest BCUT2D eigenvalue weighted by Gasteiger charge is -2.52. The number of allylic oxidation sites excluding steroid dienone is 2. The molecule has 5 rings (SSSR count). The Bertz CT molecular complexity index is 1860. The Balaban J connectivity index is 1.69. The summed E-state index contributed by atoms with van der Waals surface area (Å²) < 4.78 is 0. The van der Waals surface area contributed by atoms with Crippen molar-refractivity contribution in [3.05, 3.63) is 88.5 Å². The molecule has 10 atom stereocenters. The van der Waals surface area contributed by atoms with E-state index in [-0.39, 0.29) is 43.4 Å². The van der Waals surface area contributed by atoms with Gasteiger partial charge in [-0.15, -0.1) is 0 Å². The van der Waals surface area contributed by atoms with Crippen LogP contribution in [0, 0.1) is 17.8 Å². The lowest BCUT2D eigenvalue weighted by atomic mass is 9.57. The van der Waals surface area contributed by atoms with Gasteiger partial charge >= 0.3 is 5.97 Å². The van der Waals surface area contributed by atoms with Gasteiger partial charge in [0.05, 0.1) is 36.6 Å². The number of unbranched alkanes of at least 4 members (excludes halogenated alkanes) is 1. The summed E-state index contributed by atoms with van der Waals surface area (Å²) in [6.07, 6.45) is 9.74. The summed E-state index contributed by atoms with van der Waals surface area (Å²) in [6.45, 7) is 5.46. The predicted molar refractivity (Wildman–Crippen MR) is 247 cm³/mol. The molecule has 1 saturated carbocycles. The number of aliphatic hydroxyl groups excluding tert-OH is 5. The van der Waals surface area contributed by atoms with Crippen LogP contribution in [0.15, 0.2) is 71.8 Å². The minimum Gasteiger partial charge on any atom is -0.508 e. The number of aromatic hydroxyl groups is 1. The molecule has 2 aromatic carbocycles. The van der Waals surface area contributed by atoms with Gasteiger partial charge in [-0.2, -0.15) is 0 Å². The molecule has 0 spiro atoms. The molecule has 0 aromatic heterocycles. The molecule has 2 aliphatic heterocycles. The van der Waals surface area contributed by atoms with Crippen molar-refractivity contribution in [3.63, 3.8) is 0 Å². The number of aryl methyl sites for hydroxylation is 1. The smallest absolute Gasteiger partial charge is 0.303 e. The van der Waals surface area contributed by atoms with Crippen LogP contribution in [0.1, 0.15) is 147 Å². The molecular formula is C52H76N2O9. The molecule has 11 nitrogen and oxygen atoms in total. The summed E-state index contributed by atoms with van der Waals surface area (Å²) in [5, 5.41) is 97.0. The van der Waals surface area contributed by atoms with Crippen molar-refractivity contribution in [2.75, 3.05) is 6.61 Å². The number of fused-ring (bicyclic) bond motifs is 1. The van der Waals surface area contributed by atoms with Crippen molar-refractivity contribution >= 4 is 5.97 Å². The van der Waals surface area contributed by atoms with E-state index in [1.807, 2.05) is 56.3 Å². The highest BCUT2D eigenvalue weighted by Crippen LogP contribution is 2.50. The van der Waals surface area contributed by atoms with E-state index in [9.17, 15) is 45.6 Å². The van der Waals surface area contributed by atoms with Gasteiger partial charge in [0, 0.05) is 48.0 Å². The standard InChI is InChI=1S/C52H76N2O9/c1-4-5-18-45(58)46(59)28-22-38-21-20-37-15-8-7-14-36(37)16-12-19-48(51(3,63)52(30-9-6-10-31-52)40-23-25-41(56)26-24-40)54-44(43(38)33-42(57)34-55)27-29-47(60)50-39(32-49(61)62)17-11-13-35(2)53-50/h7-8,14-15,22-26,28,35,39,42,44-48,50,53-60,63H,4-6,9-11,13,17-21,27,29-34H2,1-3H3,(H,61,62)/b28-22+,43-38+/t35-,39+,42+,44+,45+,46-,47+,48-,50-,51-/m1/s1. The van der Waals surface area contributed by atoms with E-state index in [2.05, 4.69) is 29.4 Å². The zero-order valence-corrected chi connectivity index (χ0v) is 37.9. The average molecular weight is 873 g/mol. The fraction of sp³-hybridized carbons (Fsp3) is 0.635. The maximum Gasteiger partial charge on any atom is 0.303 e. The van der Waals surface area contributed by atoms with Gasteiger partial charge in [0.1, 0.15) is 5.75 Å². The monoisotopic (exact) mass is 873 g/mol. The second kappa shape index (κ2) is 24.1. The number of carboxylic acid groups (broad SMARTS) is 1. The quantitative estimate of drug-likeness (QED) is 0.0751. The van der Waals surface area contributed by atoms with Crippen LogP contribution in [-0.4, -0.2) is 108 Å². The van der Waals surface area contributed by atoms with Crippen molar-refractivity contribution in [2.45, 2.75) is 196 Å².